The minimum Gasteiger partial charge on any atom is -0.335 e. The van der Waals surface area contributed by atoms with E-state index >= 15 is 0 Å². The van der Waals surface area contributed by atoms with Gasteiger partial charge in [0.25, 0.3) is 0 Å². The number of benzene rings is 1. The van der Waals surface area contributed by atoms with Gasteiger partial charge < -0.3 is 4.98 Å². The summed E-state index contributed by atoms with van der Waals surface area (Å²) in [5, 5.41) is 8.04. The maximum absolute atomic E-state index is 14.7. The van der Waals surface area contributed by atoms with Crippen molar-refractivity contribution >= 4 is 22.1 Å². The zero-order valence-corrected chi connectivity index (χ0v) is 16.0. The fourth-order valence-electron chi connectivity index (χ4n) is 3.72. The van der Waals surface area contributed by atoms with E-state index in [0.29, 0.717) is 33.8 Å². The number of imidazole rings is 1. The fourth-order valence-corrected chi connectivity index (χ4v) is 3.72. The Balaban J connectivity index is 1.54. The van der Waals surface area contributed by atoms with Gasteiger partial charge in [0, 0.05) is 52.9 Å². The summed E-state index contributed by atoms with van der Waals surface area (Å²) in [6.45, 7) is 0. The number of pyridine rings is 3. The molecule has 6 aromatic rings. The van der Waals surface area contributed by atoms with E-state index in [1.807, 2.05) is 30.3 Å². The molecule has 0 aliphatic rings. The number of halogens is 1. The lowest BCUT2D eigenvalue weighted by molar-refractivity contribution is 0.632. The van der Waals surface area contributed by atoms with E-state index in [0.717, 1.165) is 22.2 Å². The van der Waals surface area contributed by atoms with Gasteiger partial charge in [0.15, 0.2) is 11.5 Å². The third-order valence-corrected chi connectivity index (χ3v) is 5.18. The van der Waals surface area contributed by atoms with Crippen molar-refractivity contribution in [1.29, 1.82) is 0 Å². The van der Waals surface area contributed by atoms with Gasteiger partial charge in [-0.3, -0.25) is 15.1 Å². The number of rotatable bonds is 3. The number of nitrogens with zero attached hydrogens (tertiary/aromatic N) is 5. The monoisotopic (exact) mass is 407 g/mol. The molecule has 0 saturated carbocycles. The Bertz CT molecular complexity index is 1540. The lowest BCUT2D eigenvalue weighted by atomic mass is 10.0. The largest absolute Gasteiger partial charge is 0.335 e. The maximum atomic E-state index is 14.7. The first-order chi connectivity index (χ1) is 15.3. The predicted molar refractivity (Wildman–Crippen MR) is 115 cm³/mol. The van der Waals surface area contributed by atoms with Gasteiger partial charge in [0.1, 0.15) is 11.5 Å². The molecule has 2 N–H and O–H groups in total. The zero-order valence-electron chi connectivity index (χ0n) is 16.0. The number of aromatic amines is 2. The molecule has 8 heteroatoms. The van der Waals surface area contributed by atoms with E-state index in [1.54, 1.807) is 36.9 Å². The average molecular weight is 407 g/mol. The molecule has 0 aliphatic carbocycles. The second kappa shape index (κ2) is 6.81. The number of H-pyrrole nitrogens is 2. The van der Waals surface area contributed by atoms with E-state index in [9.17, 15) is 4.39 Å². The van der Waals surface area contributed by atoms with Crippen molar-refractivity contribution in [2.45, 2.75) is 0 Å². The van der Waals surface area contributed by atoms with Gasteiger partial charge in [-0.2, -0.15) is 5.10 Å². The quantitative estimate of drug-likeness (QED) is 0.441. The third kappa shape index (κ3) is 2.84. The molecular formula is C23H14FN7. The van der Waals surface area contributed by atoms with Crippen molar-refractivity contribution in [3.05, 3.63) is 79.1 Å². The van der Waals surface area contributed by atoms with Gasteiger partial charge in [-0.1, -0.05) is 12.1 Å². The number of nitrogens with one attached hydrogen (secondary N) is 2. The van der Waals surface area contributed by atoms with Gasteiger partial charge >= 0.3 is 0 Å². The number of hydrogen-bond acceptors (Lipinski definition) is 5. The summed E-state index contributed by atoms with van der Waals surface area (Å²) in [6, 6.07) is 14.4. The van der Waals surface area contributed by atoms with E-state index in [-0.39, 0.29) is 5.82 Å². The van der Waals surface area contributed by atoms with Crippen LogP contribution in [0.4, 0.5) is 4.39 Å². The molecule has 31 heavy (non-hydrogen) atoms. The number of fused-ring (bicyclic) bond motifs is 2. The van der Waals surface area contributed by atoms with Gasteiger partial charge in [0.2, 0.25) is 0 Å². The molecule has 0 spiro atoms. The van der Waals surface area contributed by atoms with Crippen LogP contribution in [0.25, 0.3) is 56.0 Å². The van der Waals surface area contributed by atoms with Crippen LogP contribution in [0.1, 0.15) is 0 Å². The molecule has 5 heterocycles. The summed E-state index contributed by atoms with van der Waals surface area (Å²) < 4.78 is 14.7. The van der Waals surface area contributed by atoms with Crippen LogP contribution in [-0.2, 0) is 0 Å². The average Bonchev–Trinajstić information content (AvgIpc) is 3.43. The highest BCUT2D eigenvalue weighted by atomic mass is 19.1. The fraction of sp³-hybridized carbons (Fsp3) is 0. The van der Waals surface area contributed by atoms with Crippen LogP contribution in [-0.4, -0.2) is 35.1 Å². The first kappa shape index (κ1) is 17.4. The van der Waals surface area contributed by atoms with Crippen molar-refractivity contribution in [3.63, 3.8) is 0 Å². The highest BCUT2D eigenvalue weighted by molar-refractivity contribution is 5.97. The molecule has 0 aliphatic heterocycles. The van der Waals surface area contributed by atoms with Crippen LogP contribution >= 0.6 is 0 Å². The SMILES string of the molecule is Fc1cc2[nH]nc(-c3nc4nccc(-c5ccccn5)c4[nH]3)c2cc1-c1cccnc1. The standard InChI is InChI=1S/C23H14FN7/c24-17-11-19-16(10-15(17)13-4-3-7-25-12-13)21(31-30-19)23-28-20-14(6-9-27-22(20)29-23)18-5-1-2-8-26-18/h1-12H,(H,30,31)(H,27,28,29). The van der Waals surface area contributed by atoms with Crippen LogP contribution in [0.3, 0.4) is 0 Å². The van der Waals surface area contributed by atoms with Crippen LogP contribution < -0.4 is 0 Å². The summed E-state index contributed by atoms with van der Waals surface area (Å²) in [4.78, 5) is 20.9. The molecular weight excluding hydrogens is 393 g/mol. The summed E-state index contributed by atoms with van der Waals surface area (Å²) in [5.41, 5.74) is 5.35. The Morgan fingerprint density at radius 2 is 1.84 bits per heavy atom. The summed E-state index contributed by atoms with van der Waals surface area (Å²) in [6.07, 6.45) is 6.74. The second-order valence-corrected chi connectivity index (χ2v) is 7.05. The molecule has 5 aromatic heterocycles. The van der Waals surface area contributed by atoms with Crippen molar-refractivity contribution in [1.82, 2.24) is 35.1 Å². The molecule has 0 fully saturated rings. The Morgan fingerprint density at radius 1 is 0.871 bits per heavy atom. The zero-order chi connectivity index (χ0) is 20.8. The smallest absolute Gasteiger partial charge is 0.178 e. The lowest BCUT2D eigenvalue weighted by Crippen LogP contribution is -1.87. The van der Waals surface area contributed by atoms with Crippen LogP contribution in [0, 0.1) is 5.82 Å². The van der Waals surface area contributed by atoms with Gasteiger partial charge in [0.05, 0.1) is 16.7 Å². The van der Waals surface area contributed by atoms with E-state index in [1.165, 1.54) is 6.07 Å². The third-order valence-electron chi connectivity index (χ3n) is 5.18. The number of hydrogen-bond donors (Lipinski definition) is 2. The van der Waals surface area contributed by atoms with Gasteiger partial charge in [-0.05, 0) is 30.3 Å². The van der Waals surface area contributed by atoms with Crippen LogP contribution in [0.5, 0.6) is 0 Å². The lowest BCUT2D eigenvalue weighted by Gasteiger charge is -2.03. The van der Waals surface area contributed by atoms with Crippen molar-refractivity contribution in [2.24, 2.45) is 0 Å². The molecule has 7 nitrogen and oxygen atoms in total. The Morgan fingerprint density at radius 3 is 2.68 bits per heavy atom. The Kier molecular flexibility index (Phi) is 3.82. The molecule has 0 radical (unpaired) electrons. The van der Waals surface area contributed by atoms with E-state index in [4.69, 9.17) is 0 Å². The molecule has 6 rings (SSSR count). The van der Waals surface area contributed by atoms with Gasteiger partial charge in [-0.15, -0.1) is 0 Å². The molecule has 0 amide bonds. The summed E-state index contributed by atoms with van der Waals surface area (Å²) >= 11 is 0. The van der Waals surface area contributed by atoms with Gasteiger partial charge in [-0.25, -0.2) is 14.4 Å². The first-order valence-corrected chi connectivity index (χ1v) is 9.62. The molecule has 0 unspecified atom stereocenters. The molecule has 0 bridgehead atoms. The highest BCUT2D eigenvalue weighted by Gasteiger charge is 2.18. The van der Waals surface area contributed by atoms with Crippen molar-refractivity contribution in [2.75, 3.05) is 0 Å². The maximum Gasteiger partial charge on any atom is 0.178 e. The van der Waals surface area contributed by atoms with Crippen molar-refractivity contribution < 1.29 is 4.39 Å². The number of aromatic nitrogens is 7. The highest BCUT2D eigenvalue weighted by Crippen LogP contribution is 2.33. The molecule has 1 aromatic carbocycles. The summed E-state index contributed by atoms with van der Waals surface area (Å²) in [7, 11) is 0. The topological polar surface area (TPSA) is 96.0 Å². The van der Waals surface area contributed by atoms with Crippen LogP contribution in [0.2, 0.25) is 0 Å². The van der Waals surface area contributed by atoms with E-state index in [2.05, 4.69) is 35.1 Å². The molecule has 0 saturated heterocycles. The Hall–Kier alpha value is -4.46. The Labute approximate surface area is 175 Å². The second-order valence-electron chi connectivity index (χ2n) is 7.05. The summed E-state index contributed by atoms with van der Waals surface area (Å²) in [5.74, 6) is 0.195. The van der Waals surface area contributed by atoms with Crippen molar-refractivity contribution in [3.8, 4) is 33.9 Å². The van der Waals surface area contributed by atoms with Crippen LogP contribution in [0.15, 0.2) is 73.3 Å². The normalized spacial score (nSPS) is 11.4. The minimum atomic E-state index is -0.348. The predicted octanol–water partition coefficient (Wildman–Crippen LogP) is 4.76. The first-order valence-electron chi connectivity index (χ1n) is 9.62. The minimum absolute atomic E-state index is 0.348. The molecule has 148 valence electrons. The van der Waals surface area contributed by atoms with E-state index < -0.39 is 0 Å². The molecule has 0 atom stereocenters.